The summed E-state index contributed by atoms with van der Waals surface area (Å²) in [5, 5.41) is 0.686. The van der Waals surface area contributed by atoms with Crippen LogP contribution in [0.2, 0.25) is 0 Å². The van der Waals surface area contributed by atoms with Gasteiger partial charge in [0.05, 0.1) is 7.11 Å². The third kappa shape index (κ3) is 2.97. The molecule has 0 aliphatic carbocycles. The van der Waals surface area contributed by atoms with Gasteiger partial charge in [0, 0.05) is 32.1 Å². The molecule has 114 valence electrons. The first kappa shape index (κ1) is 15.3. The van der Waals surface area contributed by atoms with Crippen molar-refractivity contribution < 1.29 is 13.2 Å². The fourth-order valence-corrected chi connectivity index (χ4v) is 5.49. The molecule has 0 saturated heterocycles. The summed E-state index contributed by atoms with van der Waals surface area (Å²) < 4.78 is 30.0. The van der Waals surface area contributed by atoms with Gasteiger partial charge >= 0.3 is 0 Å². The third-order valence-electron chi connectivity index (χ3n) is 3.39. The first-order chi connectivity index (χ1) is 10.5. The molecule has 0 atom stereocenters. The van der Waals surface area contributed by atoms with Gasteiger partial charge in [0.2, 0.25) is 0 Å². The summed E-state index contributed by atoms with van der Waals surface area (Å²) in [5.41, 5.74) is 1.01. The van der Waals surface area contributed by atoms with E-state index in [2.05, 4.69) is 0 Å². The third-order valence-corrected chi connectivity index (χ3v) is 6.10. The molecule has 0 radical (unpaired) electrons. The highest BCUT2D eigenvalue weighted by atomic mass is 35.7. The average molecular weight is 353 g/mol. The molecule has 0 bridgehead atoms. The summed E-state index contributed by atoms with van der Waals surface area (Å²) >= 11 is 1.46. The Balaban J connectivity index is 2.09. The van der Waals surface area contributed by atoms with Crippen molar-refractivity contribution in [2.75, 3.05) is 7.11 Å². The maximum atomic E-state index is 12.0. The molecule has 3 nitrogen and oxygen atoms in total. The second-order valence-electron chi connectivity index (χ2n) is 4.81. The van der Waals surface area contributed by atoms with E-state index in [1.165, 1.54) is 11.3 Å². The number of thiophene rings is 1. The lowest BCUT2D eigenvalue weighted by Gasteiger charge is -2.04. The Morgan fingerprint density at radius 2 is 1.77 bits per heavy atom. The molecule has 0 N–H and O–H groups in total. The van der Waals surface area contributed by atoms with Gasteiger partial charge in [-0.15, -0.1) is 11.3 Å². The molecule has 0 spiro atoms. The zero-order valence-electron chi connectivity index (χ0n) is 11.7. The zero-order chi connectivity index (χ0) is 15.7. The van der Waals surface area contributed by atoms with Crippen molar-refractivity contribution in [3.05, 3.63) is 59.0 Å². The van der Waals surface area contributed by atoms with E-state index < -0.39 is 9.05 Å². The minimum Gasteiger partial charge on any atom is -0.497 e. The number of fused-ring (bicyclic) bond motifs is 1. The maximum Gasteiger partial charge on any atom is 0.263 e. The van der Waals surface area contributed by atoms with Gasteiger partial charge in [0.25, 0.3) is 9.05 Å². The van der Waals surface area contributed by atoms with Crippen molar-refractivity contribution in [3.63, 3.8) is 0 Å². The topological polar surface area (TPSA) is 43.4 Å². The van der Waals surface area contributed by atoms with Crippen LogP contribution in [-0.2, 0) is 15.5 Å². The maximum absolute atomic E-state index is 12.0. The Labute approximate surface area is 137 Å². The van der Waals surface area contributed by atoms with Gasteiger partial charge in [-0.25, -0.2) is 8.42 Å². The molecule has 6 heteroatoms. The van der Waals surface area contributed by atoms with E-state index in [4.69, 9.17) is 15.4 Å². The van der Waals surface area contributed by atoms with E-state index in [0.29, 0.717) is 11.8 Å². The molecule has 2 aromatic carbocycles. The Kier molecular flexibility index (Phi) is 4.12. The summed E-state index contributed by atoms with van der Waals surface area (Å²) in [4.78, 5) is 0.979. The van der Waals surface area contributed by atoms with Crippen LogP contribution in [0.25, 0.3) is 10.1 Å². The van der Waals surface area contributed by atoms with Gasteiger partial charge < -0.3 is 4.74 Å². The van der Waals surface area contributed by atoms with Crippen LogP contribution in [0.1, 0.15) is 10.4 Å². The molecule has 3 aromatic rings. The molecule has 22 heavy (non-hydrogen) atoms. The first-order valence-corrected chi connectivity index (χ1v) is 9.69. The minimum absolute atomic E-state index is 0.227. The Hall–Kier alpha value is -1.56. The Bertz CT molecular complexity index is 912. The summed E-state index contributed by atoms with van der Waals surface area (Å²) in [6.45, 7) is 0. The van der Waals surface area contributed by atoms with Gasteiger partial charge in [0.1, 0.15) is 10.6 Å². The largest absolute Gasteiger partial charge is 0.497 e. The fourth-order valence-electron chi connectivity index (χ4n) is 2.38. The van der Waals surface area contributed by atoms with Gasteiger partial charge in [0.15, 0.2) is 0 Å². The van der Waals surface area contributed by atoms with E-state index in [1.54, 1.807) is 13.2 Å². The number of halogens is 1. The highest BCUT2D eigenvalue weighted by Crippen LogP contribution is 2.37. The van der Waals surface area contributed by atoms with Crippen molar-refractivity contribution >= 4 is 41.2 Å². The summed E-state index contributed by atoms with van der Waals surface area (Å²) in [6, 6.07) is 15.0. The van der Waals surface area contributed by atoms with Crippen molar-refractivity contribution in [2.24, 2.45) is 0 Å². The SMILES string of the molecule is COc1ccc(Cc2sc3ccccc3c2S(=O)(=O)Cl)cc1. The summed E-state index contributed by atoms with van der Waals surface area (Å²) in [5.74, 6) is 0.769. The van der Waals surface area contributed by atoms with Crippen LogP contribution < -0.4 is 4.74 Å². The quantitative estimate of drug-likeness (QED) is 0.652. The molecule has 0 aliphatic heterocycles. The number of hydrogen-bond acceptors (Lipinski definition) is 4. The van der Waals surface area contributed by atoms with Crippen molar-refractivity contribution in [2.45, 2.75) is 11.3 Å². The van der Waals surface area contributed by atoms with Crippen LogP contribution in [0.15, 0.2) is 53.4 Å². The highest BCUT2D eigenvalue weighted by Gasteiger charge is 2.22. The molecular weight excluding hydrogens is 340 g/mol. The standard InChI is InChI=1S/C16H13ClO3S2/c1-20-12-8-6-11(7-9-12)10-15-16(22(17,18)19)13-4-2-3-5-14(13)21-15/h2-9H,10H2,1H3. The average Bonchev–Trinajstić information content (AvgIpc) is 2.85. The molecule has 3 rings (SSSR count). The van der Waals surface area contributed by atoms with Crippen LogP contribution >= 0.6 is 22.0 Å². The smallest absolute Gasteiger partial charge is 0.263 e. The number of hydrogen-bond donors (Lipinski definition) is 0. The lowest BCUT2D eigenvalue weighted by atomic mass is 10.1. The van der Waals surface area contributed by atoms with Crippen LogP contribution in [-0.4, -0.2) is 15.5 Å². The van der Waals surface area contributed by atoms with Gasteiger partial charge in [-0.1, -0.05) is 30.3 Å². The van der Waals surface area contributed by atoms with Gasteiger partial charge in [-0.2, -0.15) is 0 Å². The van der Waals surface area contributed by atoms with Gasteiger partial charge in [-0.05, 0) is 23.8 Å². The Morgan fingerprint density at radius 3 is 2.41 bits per heavy atom. The molecule has 1 heterocycles. The molecule has 0 fully saturated rings. The Morgan fingerprint density at radius 1 is 1.09 bits per heavy atom. The minimum atomic E-state index is -3.79. The van der Waals surface area contributed by atoms with Crippen molar-refractivity contribution in [3.8, 4) is 5.75 Å². The second kappa shape index (κ2) is 5.91. The highest BCUT2D eigenvalue weighted by molar-refractivity contribution is 8.14. The van der Waals surface area contributed by atoms with Crippen molar-refractivity contribution in [1.82, 2.24) is 0 Å². The van der Waals surface area contributed by atoms with Crippen LogP contribution in [0, 0.1) is 0 Å². The molecule has 0 amide bonds. The lowest BCUT2D eigenvalue weighted by molar-refractivity contribution is 0.414. The van der Waals surface area contributed by atoms with Crippen LogP contribution in [0.3, 0.4) is 0 Å². The second-order valence-corrected chi connectivity index (χ2v) is 8.45. The van der Waals surface area contributed by atoms with E-state index in [1.807, 2.05) is 42.5 Å². The van der Waals surface area contributed by atoms with E-state index in [0.717, 1.165) is 20.9 Å². The monoisotopic (exact) mass is 352 g/mol. The van der Waals surface area contributed by atoms with E-state index in [-0.39, 0.29) is 4.90 Å². The summed E-state index contributed by atoms with van der Waals surface area (Å²) in [6.07, 6.45) is 0.518. The van der Waals surface area contributed by atoms with Crippen molar-refractivity contribution in [1.29, 1.82) is 0 Å². The molecule has 0 aliphatic rings. The predicted octanol–water partition coefficient (Wildman–Crippen LogP) is 4.43. The molecule has 0 unspecified atom stereocenters. The lowest BCUT2D eigenvalue weighted by Crippen LogP contribution is -1.95. The van der Waals surface area contributed by atoms with E-state index >= 15 is 0 Å². The van der Waals surface area contributed by atoms with E-state index in [9.17, 15) is 8.42 Å². The zero-order valence-corrected chi connectivity index (χ0v) is 14.1. The first-order valence-electron chi connectivity index (χ1n) is 6.57. The fraction of sp³-hybridized carbons (Fsp3) is 0.125. The number of methoxy groups -OCH3 is 1. The van der Waals surface area contributed by atoms with Crippen LogP contribution in [0.5, 0.6) is 5.75 Å². The number of ether oxygens (including phenoxy) is 1. The summed E-state index contributed by atoms with van der Waals surface area (Å²) in [7, 11) is 3.48. The normalized spacial score (nSPS) is 11.7. The number of rotatable bonds is 4. The van der Waals surface area contributed by atoms with Crippen LogP contribution in [0.4, 0.5) is 0 Å². The predicted molar refractivity (Wildman–Crippen MR) is 90.7 cm³/mol. The molecule has 1 aromatic heterocycles. The molecular formula is C16H13ClO3S2. The van der Waals surface area contributed by atoms with Gasteiger partial charge in [-0.3, -0.25) is 0 Å². The molecule has 0 saturated carbocycles. The number of benzene rings is 2.